The van der Waals surface area contributed by atoms with Crippen LogP contribution in [0.25, 0.3) is 0 Å². The summed E-state index contributed by atoms with van der Waals surface area (Å²) in [6.07, 6.45) is 0. The predicted octanol–water partition coefficient (Wildman–Crippen LogP) is 4.38. The highest BCUT2D eigenvalue weighted by atomic mass is 16.5. The van der Waals surface area contributed by atoms with Crippen LogP contribution in [0.4, 0.5) is 17.3 Å². The van der Waals surface area contributed by atoms with Crippen molar-refractivity contribution in [3.05, 3.63) is 71.5 Å². The van der Waals surface area contributed by atoms with E-state index in [4.69, 9.17) is 4.74 Å². The summed E-state index contributed by atoms with van der Waals surface area (Å²) in [7, 11) is 0. The van der Waals surface area contributed by atoms with E-state index in [1.807, 2.05) is 19.1 Å². The predicted molar refractivity (Wildman–Crippen MR) is 112 cm³/mol. The van der Waals surface area contributed by atoms with Crippen molar-refractivity contribution in [3.8, 4) is 5.75 Å². The largest absolute Gasteiger partial charge is 0.492 e. The van der Waals surface area contributed by atoms with E-state index < -0.39 is 0 Å². The number of benzene rings is 2. The maximum Gasteiger partial charge on any atom is 0.274 e. The van der Waals surface area contributed by atoms with Crippen LogP contribution in [0.5, 0.6) is 5.75 Å². The molecule has 0 aliphatic carbocycles. The summed E-state index contributed by atoms with van der Waals surface area (Å²) >= 11 is 0. The number of hydrogen-bond donors (Lipinski definition) is 2. The normalized spacial score (nSPS) is 10.3. The van der Waals surface area contributed by atoms with Gasteiger partial charge in [0.1, 0.15) is 11.4 Å². The summed E-state index contributed by atoms with van der Waals surface area (Å²) < 4.78 is 5.54. The maximum absolute atomic E-state index is 12.7. The maximum atomic E-state index is 12.7. The smallest absolute Gasteiger partial charge is 0.274 e. The third-order valence-electron chi connectivity index (χ3n) is 4.05. The van der Waals surface area contributed by atoms with E-state index in [1.54, 1.807) is 49.4 Å². The van der Waals surface area contributed by atoms with E-state index in [9.17, 15) is 9.59 Å². The molecular weight excluding hydrogens is 368 g/mol. The molecule has 0 fully saturated rings. The highest BCUT2D eigenvalue weighted by molar-refractivity contribution is 6.04. The third kappa shape index (κ3) is 5.16. The molecule has 7 heteroatoms. The third-order valence-corrected chi connectivity index (χ3v) is 4.05. The Bertz CT molecular complexity index is 1050. The van der Waals surface area contributed by atoms with Crippen LogP contribution in [0.15, 0.2) is 54.6 Å². The van der Waals surface area contributed by atoms with Crippen molar-refractivity contribution in [1.29, 1.82) is 0 Å². The first kappa shape index (κ1) is 20.0. The molecule has 0 bridgehead atoms. The highest BCUT2D eigenvalue weighted by Crippen LogP contribution is 2.24. The number of carbonyl (C=O) groups is 2. The number of nitrogens with zero attached hydrogens (tertiary/aromatic N) is 2. The van der Waals surface area contributed by atoms with Crippen molar-refractivity contribution in [2.24, 2.45) is 0 Å². The first-order chi connectivity index (χ1) is 14.0. The van der Waals surface area contributed by atoms with Gasteiger partial charge in [-0.1, -0.05) is 24.3 Å². The zero-order valence-electron chi connectivity index (χ0n) is 16.5. The second-order valence-electron chi connectivity index (χ2n) is 6.36. The zero-order valence-corrected chi connectivity index (χ0v) is 16.5. The van der Waals surface area contributed by atoms with Gasteiger partial charge in [-0.3, -0.25) is 9.59 Å². The van der Waals surface area contributed by atoms with Gasteiger partial charge in [0.15, 0.2) is 5.78 Å². The van der Waals surface area contributed by atoms with Crippen LogP contribution >= 0.6 is 0 Å². The fraction of sp³-hybridized carbons (Fsp3) is 0.182. The van der Waals surface area contributed by atoms with Crippen molar-refractivity contribution >= 4 is 29.0 Å². The minimum Gasteiger partial charge on any atom is -0.492 e. The van der Waals surface area contributed by atoms with E-state index in [0.717, 1.165) is 0 Å². The molecule has 0 saturated heterocycles. The number of ketones is 1. The fourth-order valence-electron chi connectivity index (χ4n) is 2.72. The Labute approximate surface area is 169 Å². The number of anilines is 3. The molecule has 0 atom stereocenters. The number of Topliss-reactive ketones (excluding diaryl/α,β-unsaturated/α-hetero) is 1. The second-order valence-corrected chi connectivity index (χ2v) is 6.36. The summed E-state index contributed by atoms with van der Waals surface area (Å²) in [5.74, 6) is 0.456. The molecule has 0 radical (unpaired) electrons. The minimum absolute atomic E-state index is 0.0353. The standard InChI is InChI=1S/C22H22N4O3/c1-4-29-20-11-6-5-10-18(20)25-21(28)19-12-14(2)23-22(26-19)24-17-9-7-8-16(13-17)15(3)27/h5-13H,4H2,1-3H3,(H,25,28)(H,23,24,26). The molecular formula is C22H22N4O3. The van der Waals surface area contributed by atoms with Gasteiger partial charge in [-0.25, -0.2) is 9.97 Å². The first-order valence-electron chi connectivity index (χ1n) is 9.23. The lowest BCUT2D eigenvalue weighted by Crippen LogP contribution is -2.16. The Morgan fingerprint density at radius 3 is 2.59 bits per heavy atom. The molecule has 0 saturated carbocycles. The van der Waals surface area contributed by atoms with Gasteiger partial charge >= 0.3 is 0 Å². The summed E-state index contributed by atoms with van der Waals surface area (Å²) in [6, 6.07) is 15.8. The van der Waals surface area contributed by atoms with Gasteiger partial charge in [-0.05, 0) is 51.1 Å². The van der Waals surface area contributed by atoms with Crippen molar-refractivity contribution in [2.75, 3.05) is 17.2 Å². The van der Waals surface area contributed by atoms with Gasteiger partial charge in [0, 0.05) is 16.9 Å². The Kier molecular flexibility index (Phi) is 6.19. The zero-order chi connectivity index (χ0) is 20.8. The van der Waals surface area contributed by atoms with Crippen LogP contribution in [0, 0.1) is 6.92 Å². The summed E-state index contributed by atoms with van der Waals surface area (Å²) in [5.41, 5.74) is 2.66. The number of ether oxygens (including phenoxy) is 1. The van der Waals surface area contributed by atoms with Gasteiger partial charge in [-0.2, -0.15) is 0 Å². The number of para-hydroxylation sites is 2. The summed E-state index contributed by atoms with van der Waals surface area (Å²) in [5, 5.41) is 5.88. The van der Waals surface area contributed by atoms with Gasteiger partial charge in [0.05, 0.1) is 12.3 Å². The van der Waals surface area contributed by atoms with Crippen LogP contribution in [0.3, 0.4) is 0 Å². The first-order valence-corrected chi connectivity index (χ1v) is 9.23. The number of aryl methyl sites for hydroxylation is 1. The molecule has 1 heterocycles. The van der Waals surface area contributed by atoms with Crippen molar-refractivity contribution in [3.63, 3.8) is 0 Å². The van der Waals surface area contributed by atoms with Crippen LogP contribution in [0.1, 0.15) is 40.4 Å². The molecule has 0 aliphatic rings. The topological polar surface area (TPSA) is 93.2 Å². The summed E-state index contributed by atoms with van der Waals surface area (Å²) in [6.45, 7) is 5.66. The van der Waals surface area contributed by atoms with Crippen LogP contribution < -0.4 is 15.4 Å². The summed E-state index contributed by atoms with van der Waals surface area (Å²) in [4.78, 5) is 33.0. The van der Waals surface area contributed by atoms with E-state index in [2.05, 4.69) is 20.6 Å². The van der Waals surface area contributed by atoms with Gasteiger partial charge in [0.2, 0.25) is 5.95 Å². The molecule has 1 aromatic heterocycles. The molecule has 2 aromatic carbocycles. The average Bonchev–Trinajstić information content (AvgIpc) is 2.69. The van der Waals surface area contributed by atoms with Crippen LogP contribution in [0.2, 0.25) is 0 Å². The quantitative estimate of drug-likeness (QED) is 0.582. The minimum atomic E-state index is -0.372. The van der Waals surface area contributed by atoms with Gasteiger partial charge < -0.3 is 15.4 Å². The molecule has 0 unspecified atom stereocenters. The highest BCUT2D eigenvalue weighted by Gasteiger charge is 2.14. The molecule has 2 N–H and O–H groups in total. The average molecular weight is 390 g/mol. The molecule has 3 aromatic rings. The monoisotopic (exact) mass is 390 g/mol. The second kappa shape index (κ2) is 8.97. The van der Waals surface area contributed by atoms with Gasteiger partial charge in [0.25, 0.3) is 5.91 Å². The van der Waals surface area contributed by atoms with Crippen LogP contribution in [-0.2, 0) is 0 Å². The number of nitrogens with one attached hydrogen (secondary N) is 2. The number of rotatable bonds is 7. The Hall–Kier alpha value is -3.74. The van der Waals surface area contributed by atoms with E-state index in [0.29, 0.717) is 35.0 Å². The number of amides is 1. The Balaban J connectivity index is 1.83. The molecule has 7 nitrogen and oxygen atoms in total. The lowest BCUT2D eigenvalue weighted by Gasteiger charge is -2.12. The molecule has 29 heavy (non-hydrogen) atoms. The Morgan fingerprint density at radius 2 is 1.83 bits per heavy atom. The fourth-order valence-corrected chi connectivity index (χ4v) is 2.72. The molecule has 3 rings (SSSR count). The van der Waals surface area contributed by atoms with E-state index in [-0.39, 0.29) is 23.3 Å². The number of aromatic nitrogens is 2. The number of carbonyl (C=O) groups excluding carboxylic acids is 2. The van der Waals surface area contributed by atoms with Crippen molar-refractivity contribution in [1.82, 2.24) is 9.97 Å². The molecule has 0 spiro atoms. The van der Waals surface area contributed by atoms with Crippen molar-refractivity contribution < 1.29 is 14.3 Å². The van der Waals surface area contributed by atoms with E-state index in [1.165, 1.54) is 6.92 Å². The molecule has 148 valence electrons. The van der Waals surface area contributed by atoms with Crippen molar-refractivity contribution in [2.45, 2.75) is 20.8 Å². The Morgan fingerprint density at radius 1 is 1.03 bits per heavy atom. The van der Waals surface area contributed by atoms with Gasteiger partial charge in [-0.15, -0.1) is 0 Å². The molecule has 1 amide bonds. The molecule has 0 aliphatic heterocycles. The van der Waals surface area contributed by atoms with E-state index >= 15 is 0 Å². The van der Waals surface area contributed by atoms with Crippen LogP contribution in [-0.4, -0.2) is 28.3 Å². The number of hydrogen-bond acceptors (Lipinski definition) is 6. The lowest BCUT2D eigenvalue weighted by atomic mass is 10.1. The lowest BCUT2D eigenvalue weighted by molar-refractivity contribution is 0.101. The SMILES string of the molecule is CCOc1ccccc1NC(=O)c1cc(C)nc(Nc2cccc(C(C)=O)c2)n1.